The van der Waals surface area contributed by atoms with Gasteiger partial charge in [0.05, 0.1) is 6.10 Å². The van der Waals surface area contributed by atoms with E-state index in [2.05, 4.69) is 12.2 Å². The fourth-order valence-electron chi connectivity index (χ4n) is 3.10. The lowest BCUT2D eigenvalue weighted by Gasteiger charge is -2.30. The molecule has 0 radical (unpaired) electrons. The molecule has 2 aliphatic rings. The molecule has 4 nitrogen and oxygen atoms in total. The minimum Gasteiger partial charge on any atom is -0.378 e. The van der Waals surface area contributed by atoms with E-state index in [0.29, 0.717) is 24.5 Å². The number of carbonyl (C=O) groups is 1. The first-order valence-corrected chi connectivity index (χ1v) is 7.92. The van der Waals surface area contributed by atoms with Gasteiger partial charge in [0, 0.05) is 38.7 Å². The van der Waals surface area contributed by atoms with E-state index in [4.69, 9.17) is 4.74 Å². The quantitative estimate of drug-likeness (QED) is 0.800. The predicted octanol–water partition coefficient (Wildman–Crippen LogP) is 1.94. The Morgan fingerprint density at radius 2 is 2.16 bits per heavy atom. The Bertz CT molecular complexity index is 275. The fraction of sp³-hybridized carbons (Fsp3) is 0.933. The average molecular weight is 268 g/mol. The van der Waals surface area contributed by atoms with Crippen molar-refractivity contribution in [1.82, 2.24) is 10.2 Å². The van der Waals surface area contributed by atoms with Gasteiger partial charge in [0.25, 0.3) is 0 Å². The van der Waals surface area contributed by atoms with E-state index in [1.807, 2.05) is 4.90 Å². The molecule has 19 heavy (non-hydrogen) atoms. The molecule has 0 saturated carbocycles. The number of nitrogens with one attached hydrogen (secondary N) is 1. The summed E-state index contributed by atoms with van der Waals surface area (Å²) >= 11 is 0. The van der Waals surface area contributed by atoms with Crippen LogP contribution in [0.1, 0.15) is 51.9 Å². The number of ether oxygens (including phenoxy) is 1. The summed E-state index contributed by atoms with van der Waals surface area (Å²) < 4.78 is 5.74. The number of hydrogen-bond donors (Lipinski definition) is 1. The predicted molar refractivity (Wildman–Crippen MR) is 76.1 cm³/mol. The molecule has 1 amide bonds. The summed E-state index contributed by atoms with van der Waals surface area (Å²) in [4.78, 5) is 13.9. The van der Waals surface area contributed by atoms with Crippen molar-refractivity contribution in [3.63, 3.8) is 0 Å². The van der Waals surface area contributed by atoms with Gasteiger partial charge in [-0.3, -0.25) is 4.79 Å². The zero-order valence-corrected chi connectivity index (χ0v) is 12.2. The van der Waals surface area contributed by atoms with Crippen molar-refractivity contribution in [1.29, 1.82) is 0 Å². The third-order valence-electron chi connectivity index (χ3n) is 4.21. The Morgan fingerprint density at radius 1 is 1.37 bits per heavy atom. The largest absolute Gasteiger partial charge is 0.378 e. The van der Waals surface area contributed by atoms with Crippen LogP contribution in [-0.4, -0.2) is 49.2 Å². The summed E-state index contributed by atoms with van der Waals surface area (Å²) in [5, 5.41) is 3.54. The lowest BCUT2D eigenvalue weighted by molar-refractivity contribution is -0.130. The number of hydrogen-bond acceptors (Lipinski definition) is 3. The van der Waals surface area contributed by atoms with Gasteiger partial charge in [-0.05, 0) is 32.1 Å². The maximum atomic E-state index is 11.9. The maximum absolute atomic E-state index is 11.9. The molecule has 2 rings (SSSR count). The van der Waals surface area contributed by atoms with Crippen molar-refractivity contribution in [2.75, 3.05) is 26.2 Å². The molecule has 0 aromatic rings. The minimum absolute atomic E-state index is 0.321. The highest BCUT2D eigenvalue weighted by Crippen LogP contribution is 2.17. The van der Waals surface area contributed by atoms with Crippen molar-refractivity contribution in [2.45, 2.75) is 64.0 Å². The average Bonchev–Trinajstić information content (AvgIpc) is 2.93. The second-order valence-electron chi connectivity index (χ2n) is 5.79. The van der Waals surface area contributed by atoms with Gasteiger partial charge < -0.3 is 15.0 Å². The van der Waals surface area contributed by atoms with Gasteiger partial charge in [0.1, 0.15) is 0 Å². The van der Waals surface area contributed by atoms with E-state index < -0.39 is 0 Å². The van der Waals surface area contributed by atoms with Gasteiger partial charge in [0.2, 0.25) is 5.91 Å². The van der Waals surface area contributed by atoms with E-state index >= 15 is 0 Å². The normalized spacial score (nSPS) is 27.7. The van der Waals surface area contributed by atoms with Crippen LogP contribution in [0.25, 0.3) is 0 Å². The summed E-state index contributed by atoms with van der Waals surface area (Å²) in [6.45, 7) is 5.82. The molecule has 0 aromatic carbocycles. The number of amides is 1. The van der Waals surface area contributed by atoms with Gasteiger partial charge in [0.15, 0.2) is 0 Å². The van der Waals surface area contributed by atoms with Crippen LogP contribution in [0.5, 0.6) is 0 Å². The van der Waals surface area contributed by atoms with Crippen LogP contribution in [0.15, 0.2) is 0 Å². The fourth-order valence-corrected chi connectivity index (χ4v) is 3.10. The molecule has 2 fully saturated rings. The van der Waals surface area contributed by atoms with Gasteiger partial charge in [-0.1, -0.05) is 13.3 Å². The molecule has 2 atom stereocenters. The highest BCUT2D eigenvalue weighted by molar-refractivity contribution is 5.76. The van der Waals surface area contributed by atoms with Gasteiger partial charge >= 0.3 is 0 Å². The molecule has 2 saturated heterocycles. The van der Waals surface area contributed by atoms with Crippen LogP contribution >= 0.6 is 0 Å². The number of nitrogens with zero attached hydrogens (tertiary/aromatic N) is 1. The number of rotatable bonds is 6. The zero-order valence-electron chi connectivity index (χ0n) is 12.2. The van der Waals surface area contributed by atoms with E-state index in [-0.39, 0.29) is 0 Å². The number of carbonyl (C=O) groups excluding carboxylic acids is 1. The first kappa shape index (κ1) is 14.8. The zero-order chi connectivity index (χ0) is 13.5. The summed E-state index contributed by atoms with van der Waals surface area (Å²) in [5.41, 5.74) is 0. The smallest absolute Gasteiger partial charge is 0.223 e. The highest BCUT2D eigenvalue weighted by atomic mass is 16.5. The maximum Gasteiger partial charge on any atom is 0.223 e. The summed E-state index contributed by atoms with van der Waals surface area (Å²) in [5.74, 6) is 0.321. The molecule has 0 aromatic heterocycles. The van der Waals surface area contributed by atoms with Crippen LogP contribution in [0.3, 0.4) is 0 Å². The molecule has 4 heteroatoms. The van der Waals surface area contributed by atoms with E-state index in [1.165, 1.54) is 19.3 Å². The van der Waals surface area contributed by atoms with E-state index in [9.17, 15) is 4.79 Å². The Morgan fingerprint density at radius 3 is 2.89 bits per heavy atom. The van der Waals surface area contributed by atoms with Crippen LogP contribution in [0, 0.1) is 0 Å². The Balaban J connectivity index is 1.60. The van der Waals surface area contributed by atoms with Crippen LogP contribution in [0.4, 0.5) is 0 Å². The molecular weight excluding hydrogens is 240 g/mol. The van der Waals surface area contributed by atoms with Crippen LogP contribution in [0.2, 0.25) is 0 Å². The lowest BCUT2D eigenvalue weighted by atomic mass is 10.00. The van der Waals surface area contributed by atoms with Crippen molar-refractivity contribution in [3.05, 3.63) is 0 Å². The van der Waals surface area contributed by atoms with Crippen molar-refractivity contribution < 1.29 is 9.53 Å². The number of likely N-dealkylation sites (tertiary alicyclic amines) is 1. The third-order valence-corrected chi connectivity index (χ3v) is 4.21. The van der Waals surface area contributed by atoms with Crippen molar-refractivity contribution >= 4 is 5.91 Å². The Kier molecular flexibility index (Phi) is 6.11. The SMILES string of the molecule is CCCC1CC(NCCC(=O)N2CCCC2)CCO1. The molecule has 0 bridgehead atoms. The lowest BCUT2D eigenvalue weighted by Crippen LogP contribution is -2.40. The second kappa shape index (κ2) is 7.85. The molecule has 2 unspecified atom stereocenters. The standard InChI is InChI=1S/C15H28N2O2/c1-2-5-14-12-13(7-11-19-14)16-8-6-15(18)17-9-3-4-10-17/h13-14,16H,2-12H2,1H3. The van der Waals surface area contributed by atoms with Crippen molar-refractivity contribution in [2.24, 2.45) is 0 Å². The summed E-state index contributed by atoms with van der Waals surface area (Å²) in [6.07, 6.45) is 7.95. The monoisotopic (exact) mass is 268 g/mol. The molecule has 0 aliphatic carbocycles. The van der Waals surface area contributed by atoms with Crippen LogP contribution in [-0.2, 0) is 9.53 Å². The first-order valence-electron chi connectivity index (χ1n) is 7.92. The highest BCUT2D eigenvalue weighted by Gasteiger charge is 2.22. The van der Waals surface area contributed by atoms with Gasteiger partial charge in [-0.2, -0.15) is 0 Å². The Hall–Kier alpha value is -0.610. The van der Waals surface area contributed by atoms with Crippen molar-refractivity contribution in [3.8, 4) is 0 Å². The van der Waals surface area contributed by atoms with Gasteiger partial charge in [-0.25, -0.2) is 0 Å². The molecule has 1 N–H and O–H groups in total. The summed E-state index contributed by atoms with van der Waals surface area (Å²) in [6, 6.07) is 0.539. The molecule has 2 heterocycles. The van der Waals surface area contributed by atoms with Crippen LogP contribution < -0.4 is 5.32 Å². The molecular formula is C15H28N2O2. The third kappa shape index (κ3) is 4.77. The minimum atomic E-state index is 0.321. The summed E-state index contributed by atoms with van der Waals surface area (Å²) in [7, 11) is 0. The molecule has 110 valence electrons. The topological polar surface area (TPSA) is 41.6 Å². The Labute approximate surface area is 116 Å². The molecule has 0 spiro atoms. The van der Waals surface area contributed by atoms with Gasteiger partial charge in [-0.15, -0.1) is 0 Å². The van der Waals surface area contributed by atoms with E-state index in [1.54, 1.807) is 0 Å². The second-order valence-corrected chi connectivity index (χ2v) is 5.79. The first-order chi connectivity index (χ1) is 9.29. The molecule has 2 aliphatic heterocycles. The van der Waals surface area contributed by atoms with E-state index in [0.717, 1.165) is 45.5 Å².